The topological polar surface area (TPSA) is 77.9 Å². The number of carbonyl (C=O) groups is 1. The van der Waals surface area contributed by atoms with E-state index in [0.717, 1.165) is 0 Å². The van der Waals surface area contributed by atoms with Crippen LogP contribution in [0.3, 0.4) is 0 Å². The van der Waals surface area contributed by atoms with E-state index < -0.39 is 5.97 Å². The molecule has 2 aromatic rings. The Morgan fingerprint density at radius 1 is 1.23 bits per heavy atom. The van der Waals surface area contributed by atoms with Gasteiger partial charge < -0.3 is 19.3 Å². The van der Waals surface area contributed by atoms with Crippen molar-refractivity contribution < 1.29 is 24.1 Å². The zero-order valence-electron chi connectivity index (χ0n) is 12.4. The van der Waals surface area contributed by atoms with Gasteiger partial charge in [-0.2, -0.15) is 0 Å². The number of hydrogen-bond donors (Lipinski definition) is 1. The number of aliphatic hydroxyl groups is 1. The molecule has 0 fully saturated rings. The van der Waals surface area contributed by atoms with Crippen LogP contribution in [0.4, 0.5) is 0 Å². The van der Waals surface area contributed by atoms with Crippen LogP contribution < -0.4 is 9.47 Å². The molecule has 0 unspecified atom stereocenters. The predicted molar refractivity (Wildman–Crippen MR) is 78.8 cm³/mol. The van der Waals surface area contributed by atoms with Gasteiger partial charge in [-0.25, -0.2) is 4.79 Å². The maximum absolute atomic E-state index is 11.3. The van der Waals surface area contributed by atoms with Crippen LogP contribution in [0, 0.1) is 0 Å². The lowest BCUT2D eigenvalue weighted by Gasteiger charge is -2.11. The summed E-state index contributed by atoms with van der Waals surface area (Å²) in [5.41, 5.74) is 1.67. The molecular weight excluding hydrogens is 286 g/mol. The van der Waals surface area contributed by atoms with Gasteiger partial charge >= 0.3 is 5.97 Å². The molecule has 0 atom stereocenters. The third kappa shape index (κ3) is 3.73. The first-order valence-corrected chi connectivity index (χ1v) is 6.61. The summed E-state index contributed by atoms with van der Waals surface area (Å²) < 4.78 is 15.4. The molecule has 0 radical (unpaired) electrons. The van der Waals surface area contributed by atoms with Crippen molar-refractivity contribution in [2.75, 3.05) is 14.2 Å². The van der Waals surface area contributed by atoms with Crippen LogP contribution in [0.1, 0.15) is 21.6 Å². The SMILES string of the molecule is COC(=O)c1ccc(COc2ccc(OC)cc2CO)nc1. The van der Waals surface area contributed by atoms with Crippen LogP contribution in [0.25, 0.3) is 0 Å². The third-order valence-corrected chi connectivity index (χ3v) is 3.06. The van der Waals surface area contributed by atoms with E-state index in [0.29, 0.717) is 28.3 Å². The number of benzene rings is 1. The van der Waals surface area contributed by atoms with Crippen molar-refractivity contribution in [3.05, 3.63) is 53.3 Å². The van der Waals surface area contributed by atoms with Crippen LogP contribution >= 0.6 is 0 Å². The van der Waals surface area contributed by atoms with E-state index in [1.807, 2.05) is 0 Å². The fourth-order valence-corrected chi connectivity index (χ4v) is 1.85. The second-order valence-electron chi connectivity index (χ2n) is 4.45. The Labute approximate surface area is 128 Å². The maximum Gasteiger partial charge on any atom is 0.339 e. The molecule has 6 heteroatoms. The highest BCUT2D eigenvalue weighted by atomic mass is 16.5. The van der Waals surface area contributed by atoms with E-state index in [1.54, 1.807) is 37.4 Å². The number of pyridine rings is 1. The summed E-state index contributed by atoms with van der Waals surface area (Å²) in [5.74, 6) is 0.775. The average Bonchev–Trinajstić information content (AvgIpc) is 2.59. The largest absolute Gasteiger partial charge is 0.497 e. The summed E-state index contributed by atoms with van der Waals surface area (Å²) in [7, 11) is 2.88. The highest BCUT2D eigenvalue weighted by Crippen LogP contribution is 2.24. The average molecular weight is 303 g/mol. The van der Waals surface area contributed by atoms with E-state index in [9.17, 15) is 9.90 Å². The van der Waals surface area contributed by atoms with Gasteiger partial charge in [0.15, 0.2) is 0 Å². The first-order valence-electron chi connectivity index (χ1n) is 6.61. The highest BCUT2D eigenvalue weighted by Gasteiger charge is 2.08. The number of rotatable bonds is 6. The summed E-state index contributed by atoms with van der Waals surface area (Å²) in [6.07, 6.45) is 1.44. The summed E-state index contributed by atoms with van der Waals surface area (Å²) >= 11 is 0. The molecular formula is C16H17NO5. The van der Waals surface area contributed by atoms with Gasteiger partial charge in [0.05, 0.1) is 32.1 Å². The van der Waals surface area contributed by atoms with Crippen molar-refractivity contribution >= 4 is 5.97 Å². The van der Waals surface area contributed by atoms with Gasteiger partial charge in [0.25, 0.3) is 0 Å². The van der Waals surface area contributed by atoms with Gasteiger partial charge in [0, 0.05) is 11.8 Å². The standard InChI is InChI=1S/C16H17NO5/c1-20-14-5-6-15(12(7-14)9-18)22-10-13-4-3-11(8-17-13)16(19)21-2/h3-8,18H,9-10H2,1-2H3. The number of carbonyl (C=O) groups excluding carboxylic acids is 1. The Morgan fingerprint density at radius 2 is 2.05 bits per heavy atom. The quantitative estimate of drug-likeness (QED) is 0.822. The van der Waals surface area contributed by atoms with Gasteiger partial charge in [-0.1, -0.05) is 0 Å². The molecule has 0 bridgehead atoms. The van der Waals surface area contributed by atoms with Crippen molar-refractivity contribution in [2.45, 2.75) is 13.2 Å². The number of aliphatic hydroxyl groups excluding tert-OH is 1. The molecule has 0 saturated carbocycles. The molecule has 116 valence electrons. The van der Waals surface area contributed by atoms with Gasteiger partial charge in [0.2, 0.25) is 0 Å². The molecule has 0 aliphatic rings. The molecule has 0 amide bonds. The lowest BCUT2D eigenvalue weighted by Crippen LogP contribution is -2.04. The molecule has 22 heavy (non-hydrogen) atoms. The van der Waals surface area contributed by atoms with Crippen molar-refractivity contribution in [3.63, 3.8) is 0 Å². The minimum absolute atomic E-state index is 0.152. The molecule has 1 heterocycles. The summed E-state index contributed by atoms with van der Waals surface area (Å²) in [5, 5.41) is 9.36. The lowest BCUT2D eigenvalue weighted by atomic mass is 10.2. The second kappa shape index (κ2) is 7.42. The van der Waals surface area contributed by atoms with Gasteiger partial charge in [-0.05, 0) is 30.3 Å². The summed E-state index contributed by atoms with van der Waals surface area (Å²) in [4.78, 5) is 15.5. The van der Waals surface area contributed by atoms with E-state index in [4.69, 9.17) is 9.47 Å². The number of nitrogens with zero attached hydrogens (tertiary/aromatic N) is 1. The molecule has 0 aliphatic heterocycles. The van der Waals surface area contributed by atoms with Crippen LogP contribution in [-0.2, 0) is 18.0 Å². The number of ether oxygens (including phenoxy) is 3. The molecule has 1 N–H and O–H groups in total. The number of aromatic nitrogens is 1. The first-order chi connectivity index (χ1) is 10.7. The molecule has 2 rings (SSSR count). The van der Waals surface area contributed by atoms with E-state index in [1.165, 1.54) is 13.3 Å². The number of hydrogen-bond acceptors (Lipinski definition) is 6. The first kappa shape index (κ1) is 15.8. The second-order valence-corrected chi connectivity index (χ2v) is 4.45. The molecule has 0 spiro atoms. The fraction of sp³-hybridized carbons (Fsp3) is 0.250. The lowest BCUT2D eigenvalue weighted by molar-refractivity contribution is 0.0600. The van der Waals surface area contributed by atoms with E-state index in [2.05, 4.69) is 9.72 Å². The van der Waals surface area contributed by atoms with Crippen LogP contribution in [-0.4, -0.2) is 30.3 Å². The monoisotopic (exact) mass is 303 g/mol. The van der Waals surface area contributed by atoms with Crippen LogP contribution in [0.15, 0.2) is 36.5 Å². The predicted octanol–water partition coefficient (Wildman–Crippen LogP) is 1.95. The zero-order valence-corrected chi connectivity index (χ0v) is 12.4. The Hall–Kier alpha value is -2.60. The Bertz CT molecular complexity index is 639. The number of esters is 1. The molecule has 1 aromatic carbocycles. The van der Waals surface area contributed by atoms with Crippen LogP contribution in [0.5, 0.6) is 11.5 Å². The Balaban J connectivity index is 2.05. The van der Waals surface area contributed by atoms with Crippen molar-refractivity contribution in [1.82, 2.24) is 4.98 Å². The van der Waals surface area contributed by atoms with E-state index >= 15 is 0 Å². The number of methoxy groups -OCH3 is 2. The minimum atomic E-state index is -0.433. The normalized spacial score (nSPS) is 10.1. The molecule has 1 aromatic heterocycles. The molecule has 0 aliphatic carbocycles. The fourth-order valence-electron chi connectivity index (χ4n) is 1.85. The molecule has 6 nitrogen and oxygen atoms in total. The zero-order chi connectivity index (χ0) is 15.9. The van der Waals surface area contributed by atoms with E-state index in [-0.39, 0.29) is 13.2 Å². The minimum Gasteiger partial charge on any atom is -0.497 e. The summed E-state index contributed by atoms with van der Waals surface area (Å²) in [6.45, 7) is 0.0715. The van der Waals surface area contributed by atoms with Crippen molar-refractivity contribution in [2.24, 2.45) is 0 Å². The highest BCUT2D eigenvalue weighted by molar-refractivity contribution is 5.88. The summed E-state index contributed by atoms with van der Waals surface area (Å²) in [6, 6.07) is 8.51. The smallest absolute Gasteiger partial charge is 0.339 e. The van der Waals surface area contributed by atoms with Gasteiger partial charge in [0.1, 0.15) is 18.1 Å². The van der Waals surface area contributed by atoms with Gasteiger partial charge in [-0.3, -0.25) is 4.98 Å². The third-order valence-electron chi connectivity index (χ3n) is 3.06. The van der Waals surface area contributed by atoms with Gasteiger partial charge in [-0.15, -0.1) is 0 Å². The Morgan fingerprint density at radius 3 is 2.64 bits per heavy atom. The Kier molecular flexibility index (Phi) is 5.32. The molecule has 0 saturated heterocycles. The van der Waals surface area contributed by atoms with Crippen LogP contribution in [0.2, 0.25) is 0 Å². The van der Waals surface area contributed by atoms with Crippen molar-refractivity contribution in [3.8, 4) is 11.5 Å². The van der Waals surface area contributed by atoms with Crippen molar-refractivity contribution in [1.29, 1.82) is 0 Å². The maximum atomic E-state index is 11.3.